The highest BCUT2D eigenvalue weighted by molar-refractivity contribution is 14.0. The highest BCUT2D eigenvalue weighted by Crippen LogP contribution is 2.48. The summed E-state index contributed by atoms with van der Waals surface area (Å²) in [4.78, 5) is 15.8. The molecule has 25 heavy (non-hydrogen) atoms. The average molecular weight is 479 g/mol. The van der Waals surface area contributed by atoms with Crippen molar-refractivity contribution in [1.29, 1.82) is 0 Å². The van der Waals surface area contributed by atoms with E-state index in [0.717, 1.165) is 43.3 Å². The Morgan fingerprint density at radius 1 is 1.24 bits per heavy atom. The van der Waals surface area contributed by atoms with E-state index in [1.54, 1.807) is 7.05 Å². The predicted octanol–water partition coefficient (Wildman–Crippen LogP) is 3.07. The molecule has 0 unspecified atom stereocenters. The molecular formula is C18H28ClIN4O. The smallest absolute Gasteiger partial charge is 0.221 e. The van der Waals surface area contributed by atoms with Crippen molar-refractivity contribution in [3.63, 3.8) is 0 Å². The van der Waals surface area contributed by atoms with Crippen molar-refractivity contribution in [1.82, 2.24) is 16.0 Å². The number of aliphatic imine (C=N–C) groups is 1. The van der Waals surface area contributed by atoms with Crippen LogP contribution in [-0.4, -0.2) is 38.5 Å². The van der Waals surface area contributed by atoms with Gasteiger partial charge < -0.3 is 16.0 Å². The predicted molar refractivity (Wildman–Crippen MR) is 115 cm³/mol. The Morgan fingerprint density at radius 2 is 2.00 bits per heavy atom. The molecule has 140 valence electrons. The third-order valence-corrected chi connectivity index (χ3v) is 4.56. The monoisotopic (exact) mass is 478 g/mol. The van der Waals surface area contributed by atoms with E-state index in [1.165, 1.54) is 5.56 Å². The van der Waals surface area contributed by atoms with Gasteiger partial charge in [-0.05, 0) is 37.0 Å². The summed E-state index contributed by atoms with van der Waals surface area (Å²) < 4.78 is 0. The second-order valence-corrected chi connectivity index (χ2v) is 6.68. The number of benzene rings is 1. The summed E-state index contributed by atoms with van der Waals surface area (Å²) >= 11 is 6.11. The van der Waals surface area contributed by atoms with Crippen molar-refractivity contribution in [3.05, 3.63) is 34.9 Å². The maximum absolute atomic E-state index is 11.6. The molecule has 0 bridgehead atoms. The molecule has 0 saturated heterocycles. The van der Waals surface area contributed by atoms with Crippen LogP contribution in [0.5, 0.6) is 0 Å². The molecule has 1 aromatic rings. The first-order chi connectivity index (χ1) is 11.6. The number of nitrogens with one attached hydrogen (secondary N) is 3. The zero-order chi connectivity index (χ0) is 17.4. The van der Waals surface area contributed by atoms with Crippen molar-refractivity contribution < 1.29 is 4.79 Å². The third kappa shape index (κ3) is 7.01. The molecule has 1 aliphatic carbocycles. The second kappa shape index (κ2) is 10.9. The molecular weight excluding hydrogens is 451 g/mol. The van der Waals surface area contributed by atoms with Crippen LogP contribution in [0.4, 0.5) is 0 Å². The van der Waals surface area contributed by atoms with Crippen LogP contribution >= 0.6 is 35.6 Å². The van der Waals surface area contributed by atoms with Gasteiger partial charge in [0.05, 0.1) is 0 Å². The SMILES string of the molecule is CCCNC(=O)CCNC(=NC)NCC1(c2cccc(Cl)c2)CC1.I. The van der Waals surface area contributed by atoms with E-state index in [1.807, 2.05) is 25.1 Å². The largest absolute Gasteiger partial charge is 0.356 e. The van der Waals surface area contributed by atoms with Gasteiger partial charge in [-0.3, -0.25) is 9.79 Å². The molecule has 0 heterocycles. The molecule has 5 nitrogen and oxygen atoms in total. The van der Waals surface area contributed by atoms with E-state index in [-0.39, 0.29) is 35.3 Å². The van der Waals surface area contributed by atoms with Gasteiger partial charge in [0, 0.05) is 43.5 Å². The van der Waals surface area contributed by atoms with Gasteiger partial charge in [0.15, 0.2) is 5.96 Å². The number of carbonyl (C=O) groups is 1. The van der Waals surface area contributed by atoms with Crippen molar-refractivity contribution in [2.45, 2.75) is 38.0 Å². The summed E-state index contributed by atoms with van der Waals surface area (Å²) in [6, 6.07) is 8.08. The zero-order valence-corrected chi connectivity index (χ0v) is 18.0. The average Bonchev–Trinajstić information content (AvgIpc) is 3.37. The second-order valence-electron chi connectivity index (χ2n) is 6.24. The van der Waals surface area contributed by atoms with Gasteiger partial charge in [0.25, 0.3) is 0 Å². The van der Waals surface area contributed by atoms with E-state index in [0.29, 0.717) is 13.0 Å². The van der Waals surface area contributed by atoms with Crippen LogP contribution < -0.4 is 16.0 Å². The lowest BCUT2D eigenvalue weighted by Gasteiger charge is -2.19. The van der Waals surface area contributed by atoms with E-state index in [4.69, 9.17) is 11.6 Å². The minimum Gasteiger partial charge on any atom is -0.356 e. The summed E-state index contributed by atoms with van der Waals surface area (Å²) in [6.07, 6.45) is 3.70. The summed E-state index contributed by atoms with van der Waals surface area (Å²) in [5.74, 6) is 0.795. The summed E-state index contributed by atoms with van der Waals surface area (Å²) in [5, 5.41) is 10.2. The van der Waals surface area contributed by atoms with Crippen LogP contribution in [0, 0.1) is 0 Å². The first-order valence-corrected chi connectivity index (χ1v) is 8.95. The van der Waals surface area contributed by atoms with Crippen LogP contribution in [0.2, 0.25) is 5.02 Å². The van der Waals surface area contributed by atoms with Crippen molar-refractivity contribution >= 4 is 47.4 Å². The Balaban J connectivity index is 0.00000312. The molecule has 1 aromatic carbocycles. The Bertz CT molecular complexity index is 590. The first-order valence-electron chi connectivity index (χ1n) is 8.57. The van der Waals surface area contributed by atoms with Gasteiger partial charge in [0.2, 0.25) is 5.91 Å². The summed E-state index contributed by atoms with van der Waals surface area (Å²) in [6.45, 7) is 4.15. The van der Waals surface area contributed by atoms with Gasteiger partial charge in [0.1, 0.15) is 0 Å². The minimum absolute atomic E-state index is 0. The summed E-state index contributed by atoms with van der Waals surface area (Å²) in [7, 11) is 1.74. The quantitative estimate of drug-likeness (QED) is 0.306. The van der Waals surface area contributed by atoms with Crippen molar-refractivity contribution in [3.8, 4) is 0 Å². The van der Waals surface area contributed by atoms with Crippen molar-refractivity contribution in [2.24, 2.45) is 4.99 Å². The fraction of sp³-hybridized carbons (Fsp3) is 0.556. The molecule has 0 aromatic heterocycles. The van der Waals surface area contributed by atoms with Gasteiger partial charge in [-0.2, -0.15) is 0 Å². The van der Waals surface area contributed by atoms with Crippen molar-refractivity contribution in [2.75, 3.05) is 26.7 Å². The van der Waals surface area contributed by atoms with E-state index in [9.17, 15) is 4.79 Å². The Hall–Kier alpha value is -1.02. The van der Waals surface area contributed by atoms with Gasteiger partial charge in [-0.25, -0.2) is 0 Å². The van der Waals surface area contributed by atoms with Crippen LogP contribution in [0.25, 0.3) is 0 Å². The fourth-order valence-corrected chi connectivity index (χ4v) is 2.85. The normalized spacial score (nSPS) is 15.1. The highest BCUT2D eigenvalue weighted by atomic mass is 127. The molecule has 0 radical (unpaired) electrons. The van der Waals surface area contributed by atoms with E-state index < -0.39 is 0 Å². The number of halogens is 2. The number of carbonyl (C=O) groups excluding carboxylic acids is 1. The first kappa shape index (κ1) is 22.0. The standard InChI is InChI=1S/C18H27ClN4O.HI/c1-3-10-21-16(24)7-11-22-17(20-2)23-13-18(8-9-18)14-5-4-6-15(19)12-14;/h4-6,12H,3,7-11,13H2,1-2H3,(H,21,24)(H2,20,22,23);1H. The van der Waals surface area contributed by atoms with E-state index >= 15 is 0 Å². The maximum Gasteiger partial charge on any atom is 0.221 e. The highest BCUT2D eigenvalue weighted by Gasteiger charge is 2.44. The van der Waals surface area contributed by atoms with Crippen LogP contribution in [0.15, 0.2) is 29.3 Å². The molecule has 1 amide bonds. The molecule has 1 saturated carbocycles. The Labute approximate surface area is 172 Å². The number of amides is 1. The van der Waals surface area contributed by atoms with Gasteiger partial charge in [-0.1, -0.05) is 30.7 Å². The zero-order valence-electron chi connectivity index (χ0n) is 14.9. The van der Waals surface area contributed by atoms with E-state index in [2.05, 4.69) is 27.0 Å². The topological polar surface area (TPSA) is 65.5 Å². The van der Waals surface area contributed by atoms with Crippen LogP contribution in [-0.2, 0) is 10.2 Å². The third-order valence-electron chi connectivity index (χ3n) is 4.33. The molecule has 3 N–H and O–H groups in total. The molecule has 0 atom stereocenters. The minimum atomic E-state index is 0. The Morgan fingerprint density at radius 3 is 2.60 bits per heavy atom. The van der Waals surface area contributed by atoms with Crippen LogP contribution in [0.1, 0.15) is 38.2 Å². The number of hydrogen-bond acceptors (Lipinski definition) is 2. The molecule has 2 rings (SSSR count). The maximum atomic E-state index is 11.6. The lowest BCUT2D eigenvalue weighted by atomic mass is 9.96. The summed E-state index contributed by atoms with van der Waals surface area (Å²) in [5.41, 5.74) is 1.43. The number of nitrogens with zero attached hydrogens (tertiary/aromatic N) is 1. The molecule has 0 spiro atoms. The fourth-order valence-electron chi connectivity index (χ4n) is 2.66. The molecule has 1 aliphatic rings. The number of guanidine groups is 1. The molecule has 7 heteroatoms. The number of hydrogen-bond donors (Lipinski definition) is 3. The van der Waals surface area contributed by atoms with Gasteiger partial charge in [-0.15, -0.1) is 24.0 Å². The van der Waals surface area contributed by atoms with Gasteiger partial charge >= 0.3 is 0 Å². The van der Waals surface area contributed by atoms with Crippen LogP contribution in [0.3, 0.4) is 0 Å². The Kier molecular flexibility index (Phi) is 9.56. The lowest BCUT2D eigenvalue weighted by Crippen LogP contribution is -2.42. The molecule has 1 fully saturated rings. The lowest BCUT2D eigenvalue weighted by molar-refractivity contribution is -0.120. The molecule has 0 aliphatic heterocycles. The number of rotatable bonds is 8.